The molecule has 3 aromatic carbocycles. The Kier molecular flexibility index (Phi) is 7.84. The van der Waals surface area contributed by atoms with E-state index in [-0.39, 0.29) is 28.2 Å². The van der Waals surface area contributed by atoms with Crippen LogP contribution in [-0.4, -0.2) is 53.3 Å². The van der Waals surface area contributed by atoms with Gasteiger partial charge in [-0.3, -0.25) is 24.1 Å². The van der Waals surface area contributed by atoms with Gasteiger partial charge in [0.25, 0.3) is 0 Å². The molecule has 7 heteroatoms. The van der Waals surface area contributed by atoms with Gasteiger partial charge in [0.2, 0.25) is 0 Å². The second kappa shape index (κ2) is 11.8. The Hall–Kier alpha value is -4.36. The molecule has 0 aromatic heterocycles. The molecule has 1 saturated heterocycles. The number of nitrogens with zero attached hydrogens (tertiary/aromatic N) is 2. The molecule has 0 bridgehead atoms. The van der Waals surface area contributed by atoms with Crippen LogP contribution in [0.4, 0.5) is 0 Å². The molecule has 0 N–H and O–H groups in total. The van der Waals surface area contributed by atoms with Gasteiger partial charge in [-0.05, 0) is 77.6 Å². The molecule has 2 aliphatic heterocycles. The monoisotopic (exact) mass is 684 g/mol. The molecule has 1 spiro atoms. The predicted molar refractivity (Wildman–Crippen MR) is 197 cm³/mol. The van der Waals surface area contributed by atoms with Crippen molar-refractivity contribution in [2.45, 2.75) is 91.0 Å². The minimum absolute atomic E-state index is 0.0503. The zero-order valence-corrected chi connectivity index (χ0v) is 30.7. The molecule has 1 fully saturated rings. The normalized spacial score (nSPS) is 25.6. The van der Waals surface area contributed by atoms with Crippen molar-refractivity contribution < 1.29 is 23.9 Å². The molecule has 2 atom stereocenters. The van der Waals surface area contributed by atoms with E-state index in [0.717, 1.165) is 76.7 Å². The number of esters is 1. The summed E-state index contributed by atoms with van der Waals surface area (Å²) in [7, 11) is 1.92. The first-order chi connectivity index (χ1) is 24.3. The van der Waals surface area contributed by atoms with Crippen LogP contribution in [0.25, 0.3) is 10.8 Å². The van der Waals surface area contributed by atoms with Crippen molar-refractivity contribution in [2.75, 3.05) is 20.1 Å². The quantitative estimate of drug-likeness (QED) is 0.191. The van der Waals surface area contributed by atoms with E-state index in [1.807, 2.05) is 60.5 Å². The summed E-state index contributed by atoms with van der Waals surface area (Å²) in [5.74, 6) is -1.01. The number of Topliss-reactive ketones (excluding diaryl/α,β-unsaturated/α-hetero) is 3. The number of carbonyl (C=O) groups excluding carboxylic acids is 4. The maximum atomic E-state index is 14.2. The highest BCUT2D eigenvalue weighted by Crippen LogP contribution is 2.55. The number of fused-ring (bicyclic) bond motifs is 1. The lowest BCUT2D eigenvalue weighted by atomic mass is 9.63. The van der Waals surface area contributed by atoms with E-state index >= 15 is 0 Å². The number of ether oxygens (including phenoxy) is 1. The van der Waals surface area contributed by atoms with Crippen LogP contribution < -0.4 is 4.74 Å². The molecule has 5 aliphatic rings. The van der Waals surface area contributed by atoms with Gasteiger partial charge >= 0.3 is 5.97 Å². The summed E-state index contributed by atoms with van der Waals surface area (Å²) >= 11 is 0. The Balaban J connectivity index is 1.15. The summed E-state index contributed by atoms with van der Waals surface area (Å²) in [6.45, 7) is 12.2. The number of likely N-dealkylation sites (N-methyl/N-ethyl adjacent to an activating group) is 1. The molecule has 2 heterocycles. The fourth-order valence-electron chi connectivity index (χ4n) is 10.0. The largest absolute Gasteiger partial charge is 0.426 e. The van der Waals surface area contributed by atoms with E-state index in [1.165, 1.54) is 0 Å². The van der Waals surface area contributed by atoms with Crippen LogP contribution in [0.5, 0.6) is 5.75 Å². The highest BCUT2D eigenvalue weighted by Gasteiger charge is 2.61. The fraction of sp³-hybridized carbons (Fsp3) is 0.455. The highest BCUT2D eigenvalue weighted by molar-refractivity contribution is 6.21. The van der Waals surface area contributed by atoms with E-state index in [2.05, 4.69) is 39.5 Å². The standard InChI is InChI=1S/C44H48N2O5/c1-7-8-20-46-32-22-42(2,3)24-34(47)38(32)37(39-33(46)23-43(4,5)25-35(39)48)27-15-17-28(18-16-27)51-41(50)31-19-21-45(6)44(31)30-14-10-12-26-11-9-13-29(36(26)30)40(44)49/h9-18,31,37H,7-8,19-25H2,1-6H3. The summed E-state index contributed by atoms with van der Waals surface area (Å²) in [4.78, 5) is 61.0. The number of hydrogen-bond acceptors (Lipinski definition) is 7. The number of allylic oxidation sites excluding steroid dienone is 4. The number of unbranched alkanes of at least 4 members (excludes halogenated alkanes) is 1. The van der Waals surface area contributed by atoms with E-state index in [9.17, 15) is 19.2 Å². The van der Waals surface area contributed by atoms with Gasteiger partial charge in [-0.25, -0.2) is 0 Å². The van der Waals surface area contributed by atoms with Crippen LogP contribution in [0.2, 0.25) is 0 Å². The molecule has 2 unspecified atom stereocenters. The molecule has 264 valence electrons. The zero-order valence-electron chi connectivity index (χ0n) is 30.7. The Labute approximate surface area is 300 Å². The Morgan fingerprint density at radius 3 is 2.04 bits per heavy atom. The Morgan fingerprint density at radius 1 is 0.824 bits per heavy atom. The molecule has 0 amide bonds. The van der Waals surface area contributed by atoms with Gasteiger partial charge in [-0.2, -0.15) is 0 Å². The first kappa shape index (κ1) is 33.8. The number of rotatable bonds is 6. The zero-order chi connectivity index (χ0) is 36.0. The van der Waals surface area contributed by atoms with Crippen molar-refractivity contribution in [1.82, 2.24) is 9.80 Å². The lowest BCUT2D eigenvalue weighted by Gasteiger charge is -2.49. The van der Waals surface area contributed by atoms with Gasteiger partial charge in [0.05, 0.1) is 5.92 Å². The van der Waals surface area contributed by atoms with Crippen LogP contribution in [-0.2, 0) is 19.9 Å². The number of hydrogen-bond donors (Lipinski definition) is 0. The number of benzene rings is 3. The summed E-state index contributed by atoms with van der Waals surface area (Å²) < 4.78 is 6.11. The maximum absolute atomic E-state index is 14.2. The molecule has 3 aliphatic carbocycles. The van der Waals surface area contributed by atoms with Crippen LogP contribution >= 0.6 is 0 Å². The minimum atomic E-state index is -1.11. The van der Waals surface area contributed by atoms with Crippen LogP contribution in [0, 0.1) is 16.7 Å². The molecule has 7 nitrogen and oxygen atoms in total. The van der Waals surface area contributed by atoms with Crippen molar-refractivity contribution in [1.29, 1.82) is 0 Å². The molecule has 0 radical (unpaired) electrons. The highest BCUT2D eigenvalue weighted by atomic mass is 16.5. The average Bonchev–Trinajstić information content (AvgIpc) is 3.55. The molecule has 8 rings (SSSR count). The lowest BCUT2D eigenvalue weighted by molar-refractivity contribution is -0.141. The van der Waals surface area contributed by atoms with Gasteiger partial charge in [-0.1, -0.05) is 89.6 Å². The Bertz CT molecular complexity index is 2030. The summed E-state index contributed by atoms with van der Waals surface area (Å²) in [5.41, 5.74) is 4.59. The number of ketones is 3. The van der Waals surface area contributed by atoms with Gasteiger partial charge in [0.15, 0.2) is 17.3 Å². The van der Waals surface area contributed by atoms with E-state index in [0.29, 0.717) is 37.1 Å². The SMILES string of the molecule is CCCCN1C2=C(C(=O)CC(C)(C)C2)C(c2ccc(OC(=O)C3CCN(C)C34C(=O)c3cccc5cccc4c35)cc2)C2=C1CC(C)(C)CC2=O. The molecule has 51 heavy (non-hydrogen) atoms. The van der Waals surface area contributed by atoms with Crippen molar-refractivity contribution in [2.24, 2.45) is 16.7 Å². The third-order valence-electron chi connectivity index (χ3n) is 12.2. The Morgan fingerprint density at radius 2 is 1.43 bits per heavy atom. The fourth-order valence-corrected chi connectivity index (χ4v) is 10.0. The van der Waals surface area contributed by atoms with Crippen molar-refractivity contribution in [3.63, 3.8) is 0 Å². The van der Waals surface area contributed by atoms with Crippen molar-refractivity contribution in [3.8, 4) is 5.75 Å². The third-order valence-corrected chi connectivity index (χ3v) is 12.2. The summed E-state index contributed by atoms with van der Waals surface area (Å²) in [5, 5.41) is 1.91. The third kappa shape index (κ3) is 5.09. The number of carbonyl (C=O) groups is 4. The van der Waals surface area contributed by atoms with E-state index in [4.69, 9.17) is 4.74 Å². The van der Waals surface area contributed by atoms with Crippen molar-refractivity contribution >= 4 is 34.1 Å². The van der Waals surface area contributed by atoms with Crippen molar-refractivity contribution in [3.05, 3.63) is 99.9 Å². The second-order valence-corrected chi connectivity index (χ2v) is 17.1. The van der Waals surface area contributed by atoms with E-state index in [1.54, 1.807) is 12.1 Å². The van der Waals surface area contributed by atoms with Crippen LogP contribution in [0.1, 0.15) is 107 Å². The molecular weight excluding hydrogens is 636 g/mol. The van der Waals surface area contributed by atoms with Gasteiger partial charge in [-0.15, -0.1) is 0 Å². The molecular formula is C44H48N2O5. The molecule has 3 aromatic rings. The van der Waals surface area contributed by atoms with E-state index < -0.39 is 23.3 Å². The molecule has 0 saturated carbocycles. The smallest absolute Gasteiger partial charge is 0.317 e. The van der Waals surface area contributed by atoms with Gasteiger partial charge in [0, 0.05) is 60.0 Å². The summed E-state index contributed by atoms with van der Waals surface area (Å²) in [6.07, 6.45) is 4.95. The maximum Gasteiger partial charge on any atom is 0.317 e. The first-order valence-corrected chi connectivity index (χ1v) is 18.7. The van der Waals surface area contributed by atoms with Crippen LogP contribution in [0.3, 0.4) is 0 Å². The number of likely N-dealkylation sites (tertiary alicyclic amines) is 1. The summed E-state index contributed by atoms with van der Waals surface area (Å²) in [6, 6.07) is 19.1. The van der Waals surface area contributed by atoms with Gasteiger partial charge in [0.1, 0.15) is 11.3 Å². The second-order valence-electron chi connectivity index (χ2n) is 17.1. The predicted octanol–water partition coefficient (Wildman–Crippen LogP) is 8.27. The first-order valence-electron chi connectivity index (χ1n) is 18.7. The lowest BCUT2D eigenvalue weighted by Crippen LogP contribution is -2.50. The average molecular weight is 685 g/mol. The minimum Gasteiger partial charge on any atom is -0.426 e. The topological polar surface area (TPSA) is 84.0 Å². The van der Waals surface area contributed by atoms with Gasteiger partial charge < -0.3 is 9.64 Å². The van der Waals surface area contributed by atoms with Crippen LogP contribution in [0.15, 0.2) is 83.2 Å².